The molecule has 0 spiro atoms. The monoisotopic (exact) mass is 285 g/mol. The zero-order valence-electron chi connectivity index (χ0n) is 11.5. The fourth-order valence-corrected chi connectivity index (χ4v) is 3.69. The van der Waals surface area contributed by atoms with Gasteiger partial charge in [-0.3, -0.25) is 4.98 Å². The lowest BCUT2D eigenvalue weighted by Gasteiger charge is -2.27. The van der Waals surface area contributed by atoms with Crippen LogP contribution in [0.4, 0.5) is 5.69 Å². The van der Waals surface area contributed by atoms with Crippen LogP contribution in [-0.4, -0.2) is 17.6 Å². The molecule has 104 valence electrons. The number of anilines is 1. The fourth-order valence-electron chi connectivity index (χ4n) is 3.08. The summed E-state index contributed by atoms with van der Waals surface area (Å²) < 4.78 is 0. The molecule has 2 aromatic rings. The van der Waals surface area contributed by atoms with Gasteiger partial charge in [0.25, 0.3) is 0 Å². The van der Waals surface area contributed by atoms with Gasteiger partial charge in [-0.05, 0) is 30.4 Å². The molecular formula is C16H19N3S. The zero-order chi connectivity index (χ0) is 13.4. The molecule has 1 aliphatic carbocycles. The van der Waals surface area contributed by atoms with Crippen LogP contribution in [0.25, 0.3) is 0 Å². The maximum atomic E-state index is 4.21. The van der Waals surface area contributed by atoms with Crippen molar-refractivity contribution in [2.75, 3.05) is 11.4 Å². The van der Waals surface area contributed by atoms with Gasteiger partial charge in [0.2, 0.25) is 0 Å². The molecule has 1 aromatic carbocycles. The van der Waals surface area contributed by atoms with Crippen LogP contribution in [0.15, 0.2) is 36.0 Å². The first-order valence-corrected chi connectivity index (χ1v) is 8.22. The molecule has 1 fully saturated rings. The van der Waals surface area contributed by atoms with E-state index in [4.69, 9.17) is 0 Å². The van der Waals surface area contributed by atoms with Crippen molar-refractivity contribution in [1.29, 1.82) is 0 Å². The topological polar surface area (TPSA) is 28.2 Å². The molecule has 4 heteroatoms. The van der Waals surface area contributed by atoms with Crippen molar-refractivity contribution in [1.82, 2.24) is 10.3 Å². The maximum absolute atomic E-state index is 4.21. The van der Waals surface area contributed by atoms with Crippen LogP contribution in [0.3, 0.4) is 0 Å². The van der Waals surface area contributed by atoms with Crippen molar-refractivity contribution in [3.63, 3.8) is 0 Å². The Morgan fingerprint density at radius 3 is 3.00 bits per heavy atom. The summed E-state index contributed by atoms with van der Waals surface area (Å²) in [6, 6.07) is 9.43. The third-order valence-corrected chi connectivity index (χ3v) is 5.09. The summed E-state index contributed by atoms with van der Waals surface area (Å²) in [5, 5.41) is 3.76. The molecule has 1 aliphatic heterocycles. The van der Waals surface area contributed by atoms with E-state index in [9.17, 15) is 0 Å². The number of nitrogens with one attached hydrogen (secondary N) is 1. The second-order valence-electron chi connectivity index (χ2n) is 5.80. The Hall–Kier alpha value is -1.39. The molecule has 1 N–H and O–H groups in total. The van der Waals surface area contributed by atoms with Gasteiger partial charge in [-0.1, -0.05) is 18.2 Å². The largest absolute Gasteiger partial charge is 0.364 e. The quantitative estimate of drug-likeness (QED) is 0.939. The second kappa shape index (κ2) is 5.19. The predicted molar refractivity (Wildman–Crippen MR) is 83.0 cm³/mol. The van der Waals surface area contributed by atoms with Gasteiger partial charge in [0.15, 0.2) is 0 Å². The summed E-state index contributed by atoms with van der Waals surface area (Å²) in [6.45, 7) is 3.09. The molecule has 0 amide bonds. The lowest BCUT2D eigenvalue weighted by Crippen LogP contribution is -2.39. The molecule has 0 bridgehead atoms. The third kappa shape index (κ3) is 2.45. The molecule has 4 rings (SSSR count). The molecule has 0 radical (unpaired) electrons. The number of nitrogens with zero attached hydrogens (tertiary/aromatic N) is 2. The first-order chi connectivity index (χ1) is 9.90. The van der Waals surface area contributed by atoms with Crippen LogP contribution in [0.5, 0.6) is 0 Å². The molecule has 0 saturated heterocycles. The SMILES string of the molecule is c1ccc2c(c1)CNC(C1CC1)CN2Cc1cncs1. The lowest BCUT2D eigenvalue weighted by molar-refractivity contribution is 0.467. The fraction of sp³-hybridized carbons (Fsp3) is 0.438. The Labute approximate surface area is 123 Å². The van der Waals surface area contributed by atoms with E-state index in [1.165, 1.54) is 29.0 Å². The number of fused-ring (bicyclic) bond motifs is 1. The predicted octanol–water partition coefficient (Wildman–Crippen LogP) is 3.03. The van der Waals surface area contributed by atoms with E-state index in [2.05, 4.69) is 39.5 Å². The van der Waals surface area contributed by atoms with E-state index in [1.807, 2.05) is 11.7 Å². The smallest absolute Gasteiger partial charge is 0.0794 e. The zero-order valence-corrected chi connectivity index (χ0v) is 12.3. The number of thiazole rings is 1. The highest BCUT2D eigenvalue weighted by atomic mass is 32.1. The molecule has 1 saturated carbocycles. The van der Waals surface area contributed by atoms with Crippen molar-refractivity contribution in [2.45, 2.75) is 32.0 Å². The van der Waals surface area contributed by atoms with Crippen molar-refractivity contribution >= 4 is 17.0 Å². The van der Waals surface area contributed by atoms with Crippen LogP contribution in [0.2, 0.25) is 0 Å². The van der Waals surface area contributed by atoms with Gasteiger partial charge < -0.3 is 10.2 Å². The van der Waals surface area contributed by atoms with E-state index in [0.29, 0.717) is 6.04 Å². The summed E-state index contributed by atoms with van der Waals surface area (Å²) in [7, 11) is 0. The van der Waals surface area contributed by atoms with Gasteiger partial charge in [-0.2, -0.15) is 0 Å². The minimum atomic E-state index is 0.635. The summed E-state index contributed by atoms with van der Waals surface area (Å²) in [5.41, 5.74) is 4.73. The minimum absolute atomic E-state index is 0.635. The Kier molecular flexibility index (Phi) is 3.20. The first-order valence-electron chi connectivity index (χ1n) is 7.34. The van der Waals surface area contributed by atoms with E-state index in [1.54, 1.807) is 11.3 Å². The Bertz CT molecular complexity index is 577. The van der Waals surface area contributed by atoms with Crippen LogP contribution >= 0.6 is 11.3 Å². The molecule has 1 unspecified atom stereocenters. The molecular weight excluding hydrogens is 266 g/mol. The Morgan fingerprint density at radius 2 is 2.20 bits per heavy atom. The van der Waals surface area contributed by atoms with Gasteiger partial charge in [0, 0.05) is 35.9 Å². The number of benzene rings is 1. The standard InChI is InChI=1S/C16H19N3S/c1-2-4-16-13(3-1)7-18-15(12-5-6-12)10-19(16)9-14-8-17-11-20-14/h1-4,8,11-12,15,18H,5-7,9-10H2. The number of hydrogen-bond donors (Lipinski definition) is 1. The summed E-state index contributed by atoms with van der Waals surface area (Å²) in [4.78, 5) is 8.09. The Morgan fingerprint density at radius 1 is 1.30 bits per heavy atom. The number of rotatable bonds is 3. The molecule has 3 nitrogen and oxygen atoms in total. The minimum Gasteiger partial charge on any atom is -0.364 e. The molecule has 2 aliphatic rings. The van der Waals surface area contributed by atoms with Crippen molar-refractivity contribution in [2.24, 2.45) is 5.92 Å². The highest BCUT2D eigenvalue weighted by Crippen LogP contribution is 2.36. The van der Waals surface area contributed by atoms with Gasteiger partial charge in [0.1, 0.15) is 0 Å². The highest BCUT2D eigenvalue weighted by molar-refractivity contribution is 7.09. The maximum Gasteiger partial charge on any atom is 0.0794 e. The molecule has 20 heavy (non-hydrogen) atoms. The van der Waals surface area contributed by atoms with E-state index in [-0.39, 0.29) is 0 Å². The normalized spacial score (nSPS) is 22.4. The summed E-state index contributed by atoms with van der Waals surface area (Å²) in [5.74, 6) is 0.883. The van der Waals surface area contributed by atoms with Crippen LogP contribution in [0, 0.1) is 5.92 Å². The lowest BCUT2D eigenvalue weighted by atomic mass is 10.1. The number of hydrogen-bond acceptors (Lipinski definition) is 4. The Balaban J connectivity index is 1.64. The number of para-hydroxylation sites is 1. The number of aromatic nitrogens is 1. The molecule has 2 heterocycles. The van der Waals surface area contributed by atoms with E-state index in [0.717, 1.165) is 25.6 Å². The summed E-state index contributed by atoms with van der Waals surface area (Å²) in [6.07, 6.45) is 4.78. The van der Waals surface area contributed by atoms with Crippen LogP contribution in [0.1, 0.15) is 23.3 Å². The van der Waals surface area contributed by atoms with E-state index < -0.39 is 0 Å². The second-order valence-corrected chi connectivity index (χ2v) is 6.77. The average Bonchev–Trinajstić information content (AvgIpc) is 3.22. The van der Waals surface area contributed by atoms with Gasteiger partial charge >= 0.3 is 0 Å². The first kappa shape index (κ1) is 12.4. The van der Waals surface area contributed by atoms with E-state index >= 15 is 0 Å². The van der Waals surface area contributed by atoms with Gasteiger partial charge in [0.05, 0.1) is 12.1 Å². The summed E-state index contributed by atoms with van der Waals surface area (Å²) >= 11 is 1.75. The van der Waals surface area contributed by atoms with Crippen molar-refractivity contribution < 1.29 is 0 Å². The average molecular weight is 285 g/mol. The highest BCUT2D eigenvalue weighted by Gasteiger charge is 2.34. The van der Waals surface area contributed by atoms with Crippen LogP contribution < -0.4 is 10.2 Å². The van der Waals surface area contributed by atoms with Crippen LogP contribution in [-0.2, 0) is 13.1 Å². The third-order valence-electron chi connectivity index (χ3n) is 4.33. The molecule has 1 atom stereocenters. The molecule has 1 aromatic heterocycles. The van der Waals surface area contributed by atoms with Crippen molar-refractivity contribution in [3.05, 3.63) is 46.4 Å². The van der Waals surface area contributed by atoms with Gasteiger partial charge in [-0.15, -0.1) is 11.3 Å². The van der Waals surface area contributed by atoms with Gasteiger partial charge in [-0.25, -0.2) is 0 Å². The van der Waals surface area contributed by atoms with Crippen molar-refractivity contribution in [3.8, 4) is 0 Å².